The summed E-state index contributed by atoms with van der Waals surface area (Å²) in [6.45, 7) is 0. The van der Waals surface area contributed by atoms with Crippen molar-refractivity contribution in [3.8, 4) is 11.5 Å². The van der Waals surface area contributed by atoms with E-state index in [-0.39, 0.29) is 28.1 Å². The number of carbonyl (C=O) groups is 3. The molecule has 2 aliphatic rings. The summed E-state index contributed by atoms with van der Waals surface area (Å²) in [5.41, 5.74) is 0.250. The molecule has 1 aromatic carbocycles. The van der Waals surface area contributed by atoms with E-state index in [0.717, 1.165) is 37.0 Å². The van der Waals surface area contributed by atoms with Crippen LogP contribution in [0.25, 0.3) is 6.08 Å². The lowest BCUT2D eigenvalue weighted by Gasteiger charge is -2.35. The van der Waals surface area contributed by atoms with Crippen LogP contribution in [0, 0.1) is 0 Å². The van der Waals surface area contributed by atoms with Gasteiger partial charge in [0.25, 0.3) is 11.8 Å². The van der Waals surface area contributed by atoms with Crippen molar-refractivity contribution < 1.29 is 24.2 Å². The molecule has 1 aliphatic heterocycles. The van der Waals surface area contributed by atoms with Gasteiger partial charge in [0.05, 0.1) is 12.1 Å². The number of phenolic OH excluding ortho intramolecular Hbond substituents is 1. The van der Waals surface area contributed by atoms with Gasteiger partial charge in [0.2, 0.25) is 0 Å². The maximum atomic E-state index is 12.8. The summed E-state index contributed by atoms with van der Waals surface area (Å²) in [6.07, 6.45) is 5.78. The molecule has 0 aromatic heterocycles. The van der Waals surface area contributed by atoms with Crippen LogP contribution in [0.15, 0.2) is 17.7 Å². The van der Waals surface area contributed by atoms with Crippen molar-refractivity contribution in [2.45, 2.75) is 38.1 Å². The van der Waals surface area contributed by atoms with E-state index in [1.165, 1.54) is 25.3 Å². The number of ether oxygens (including phenoxy) is 1. The van der Waals surface area contributed by atoms with E-state index < -0.39 is 17.8 Å². The Balaban J connectivity index is 1.96. The zero-order valence-corrected chi connectivity index (χ0v) is 15.0. The minimum Gasteiger partial charge on any atom is -0.503 e. The number of halogens is 1. The summed E-state index contributed by atoms with van der Waals surface area (Å²) in [5.74, 6) is -1.48. The zero-order chi connectivity index (χ0) is 18.8. The molecule has 1 saturated heterocycles. The molecule has 4 amide bonds. The van der Waals surface area contributed by atoms with Gasteiger partial charge in [0.15, 0.2) is 11.5 Å². The van der Waals surface area contributed by atoms with Crippen LogP contribution < -0.4 is 10.1 Å². The summed E-state index contributed by atoms with van der Waals surface area (Å²) < 4.78 is 5.03. The predicted octanol–water partition coefficient (Wildman–Crippen LogP) is 2.85. The Labute approximate surface area is 155 Å². The molecule has 0 radical (unpaired) electrons. The Kier molecular flexibility index (Phi) is 5.18. The number of benzene rings is 1. The van der Waals surface area contributed by atoms with E-state index in [2.05, 4.69) is 5.32 Å². The quantitative estimate of drug-likeness (QED) is 0.622. The minimum absolute atomic E-state index is 0.0279. The molecule has 0 bridgehead atoms. The highest BCUT2D eigenvalue weighted by Gasteiger charge is 2.40. The van der Waals surface area contributed by atoms with Gasteiger partial charge in [-0.1, -0.05) is 30.9 Å². The van der Waals surface area contributed by atoms with Crippen LogP contribution in [0.1, 0.15) is 37.7 Å². The Morgan fingerprint density at radius 2 is 1.92 bits per heavy atom. The third-order valence-corrected chi connectivity index (χ3v) is 4.94. The first kappa shape index (κ1) is 18.3. The Hall–Kier alpha value is -2.54. The van der Waals surface area contributed by atoms with E-state index in [0.29, 0.717) is 5.56 Å². The van der Waals surface area contributed by atoms with Crippen molar-refractivity contribution in [1.82, 2.24) is 10.2 Å². The smallest absolute Gasteiger partial charge is 0.331 e. The number of urea groups is 1. The molecular weight excluding hydrogens is 360 g/mol. The molecule has 1 heterocycles. The van der Waals surface area contributed by atoms with Crippen molar-refractivity contribution in [3.63, 3.8) is 0 Å². The number of aromatic hydroxyl groups is 1. The number of methoxy groups -OCH3 is 1. The van der Waals surface area contributed by atoms with Gasteiger partial charge in [-0.15, -0.1) is 0 Å². The summed E-state index contributed by atoms with van der Waals surface area (Å²) >= 11 is 5.95. The SMILES string of the molecule is COc1cc(C=C2C(=O)NC(=O)N(C3CCCCC3)C2=O)cc(Cl)c1O. The molecular formula is C18H19ClN2O5. The second-order valence-electron chi connectivity index (χ2n) is 6.34. The fourth-order valence-corrected chi connectivity index (χ4v) is 3.56. The number of nitrogens with zero attached hydrogens (tertiary/aromatic N) is 1. The molecule has 8 heteroatoms. The predicted molar refractivity (Wildman–Crippen MR) is 94.9 cm³/mol. The fraction of sp³-hybridized carbons (Fsp3) is 0.389. The van der Waals surface area contributed by atoms with Crippen molar-refractivity contribution in [2.75, 3.05) is 7.11 Å². The normalized spacial score (nSPS) is 20.5. The van der Waals surface area contributed by atoms with Gasteiger partial charge in [-0.25, -0.2) is 4.79 Å². The third kappa shape index (κ3) is 3.39. The molecule has 138 valence electrons. The number of imide groups is 2. The Bertz CT molecular complexity index is 799. The lowest BCUT2D eigenvalue weighted by molar-refractivity contribution is -0.132. The third-order valence-electron chi connectivity index (χ3n) is 4.65. The largest absolute Gasteiger partial charge is 0.503 e. The van der Waals surface area contributed by atoms with E-state index in [1.54, 1.807) is 0 Å². The molecule has 2 N–H and O–H groups in total. The standard InChI is InChI=1S/C18H19ClN2O5/c1-26-14-9-10(8-13(19)15(14)22)7-12-16(23)20-18(25)21(17(12)24)11-5-3-2-4-6-11/h7-9,11,22H,2-6H2,1H3,(H,20,23,25). The van der Waals surface area contributed by atoms with Gasteiger partial charge in [0.1, 0.15) is 5.57 Å². The zero-order valence-electron chi connectivity index (χ0n) is 14.3. The van der Waals surface area contributed by atoms with Gasteiger partial charge in [-0.3, -0.25) is 19.8 Å². The van der Waals surface area contributed by atoms with Crippen molar-refractivity contribution in [3.05, 3.63) is 28.3 Å². The first-order valence-corrected chi connectivity index (χ1v) is 8.77. The maximum absolute atomic E-state index is 12.8. The molecule has 1 saturated carbocycles. The van der Waals surface area contributed by atoms with Crippen LogP contribution in [0.4, 0.5) is 4.79 Å². The van der Waals surface area contributed by atoms with E-state index >= 15 is 0 Å². The van der Waals surface area contributed by atoms with E-state index in [9.17, 15) is 19.5 Å². The van der Waals surface area contributed by atoms with Crippen LogP contribution in [-0.2, 0) is 9.59 Å². The van der Waals surface area contributed by atoms with Crippen LogP contribution in [0.2, 0.25) is 5.02 Å². The average Bonchev–Trinajstić information content (AvgIpc) is 2.62. The number of carbonyl (C=O) groups excluding carboxylic acids is 3. The van der Waals surface area contributed by atoms with Crippen LogP contribution in [0.3, 0.4) is 0 Å². The van der Waals surface area contributed by atoms with Gasteiger partial charge >= 0.3 is 6.03 Å². The second kappa shape index (κ2) is 7.37. The number of hydrogen-bond donors (Lipinski definition) is 2. The molecule has 0 unspecified atom stereocenters. The number of amides is 4. The van der Waals surface area contributed by atoms with Crippen molar-refractivity contribution in [2.24, 2.45) is 0 Å². The summed E-state index contributed by atoms with van der Waals surface area (Å²) in [5, 5.41) is 12.1. The monoisotopic (exact) mass is 378 g/mol. The van der Waals surface area contributed by atoms with Crippen molar-refractivity contribution >= 4 is 35.5 Å². The fourth-order valence-electron chi connectivity index (χ4n) is 3.34. The van der Waals surface area contributed by atoms with E-state index in [1.807, 2.05) is 0 Å². The van der Waals surface area contributed by atoms with Gasteiger partial charge in [-0.05, 0) is 36.6 Å². The lowest BCUT2D eigenvalue weighted by Crippen LogP contribution is -2.58. The molecule has 26 heavy (non-hydrogen) atoms. The van der Waals surface area contributed by atoms with Crippen LogP contribution in [0.5, 0.6) is 11.5 Å². The molecule has 7 nitrogen and oxygen atoms in total. The Morgan fingerprint density at radius 3 is 2.58 bits per heavy atom. The number of phenols is 1. The number of hydrogen-bond acceptors (Lipinski definition) is 5. The first-order valence-electron chi connectivity index (χ1n) is 8.39. The lowest BCUT2D eigenvalue weighted by atomic mass is 9.93. The molecule has 0 spiro atoms. The highest BCUT2D eigenvalue weighted by Crippen LogP contribution is 2.36. The van der Waals surface area contributed by atoms with Gasteiger partial charge in [0, 0.05) is 6.04 Å². The molecule has 0 atom stereocenters. The number of nitrogens with one attached hydrogen (secondary N) is 1. The molecule has 3 rings (SSSR count). The van der Waals surface area contributed by atoms with E-state index in [4.69, 9.17) is 16.3 Å². The van der Waals surface area contributed by atoms with Crippen molar-refractivity contribution in [1.29, 1.82) is 0 Å². The molecule has 1 aliphatic carbocycles. The molecule has 1 aromatic rings. The first-order chi connectivity index (χ1) is 12.4. The average molecular weight is 379 g/mol. The Morgan fingerprint density at radius 1 is 1.23 bits per heavy atom. The summed E-state index contributed by atoms with van der Waals surface area (Å²) in [6, 6.07) is 1.99. The van der Waals surface area contributed by atoms with Gasteiger partial charge in [-0.2, -0.15) is 0 Å². The summed E-state index contributed by atoms with van der Waals surface area (Å²) in [7, 11) is 1.37. The van der Waals surface area contributed by atoms with Gasteiger partial charge < -0.3 is 9.84 Å². The highest BCUT2D eigenvalue weighted by molar-refractivity contribution is 6.33. The number of barbiturate groups is 1. The van der Waals surface area contributed by atoms with Crippen LogP contribution >= 0.6 is 11.6 Å². The minimum atomic E-state index is -0.754. The summed E-state index contributed by atoms with van der Waals surface area (Å²) in [4.78, 5) is 38.3. The highest BCUT2D eigenvalue weighted by atomic mass is 35.5. The molecule has 2 fully saturated rings. The topological polar surface area (TPSA) is 95.9 Å². The second-order valence-corrected chi connectivity index (χ2v) is 6.75. The maximum Gasteiger partial charge on any atom is 0.331 e. The van der Waals surface area contributed by atoms with Crippen LogP contribution in [-0.4, -0.2) is 41.0 Å². The number of rotatable bonds is 3.